The molecule has 156 valence electrons. The molecule has 0 radical (unpaired) electrons. The number of allylic oxidation sites excluding steroid dienone is 2. The maximum Gasteiger partial charge on any atom is 0.509 e. The maximum atomic E-state index is 7.86. The second-order valence-electron chi connectivity index (χ2n) is 8.08. The van der Waals surface area contributed by atoms with Crippen LogP contribution in [0.1, 0.15) is 48.3 Å². The summed E-state index contributed by atoms with van der Waals surface area (Å²) in [7, 11) is 0. The van der Waals surface area contributed by atoms with E-state index in [1.807, 2.05) is 24.3 Å². The van der Waals surface area contributed by atoms with E-state index in [9.17, 15) is 0 Å². The predicted octanol–water partition coefficient (Wildman–Crippen LogP) is 8.28. The van der Waals surface area contributed by atoms with Gasteiger partial charge in [-0.25, -0.2) is 22.8 Å². The molecule has 0 amide bonds. The fourth-order valence-electron chi connectivity index (χ4n) is 4.35. The monoisotopic (exact) mass is 426 g/mol. The highest BCUT2D eigenvalue weighted by atomic mass is 35.5. The van der Waals surface area contributed by atoms with Gasteiger partial charge in [0.2, 0.25) is 0 Å². The molecule has 1 aliphatic carbocycles. The van der Waals surface area contributed by atoms with Crippen molar-refractivity contribution in [3.63, 3.8) is 0 Å². The predicted molar refractivity (Wildman–Crippen MR) is 131 cm³/mol. The Kier molecular flexibility index (Phi) is 7.51. The van der Waals surface area contributed by atoms with Crippen LogP contribution in [-0.4, -0.2) is 5.66 Å². The molecule has 3 heteroatoms. The first-order valence-electron chi connectivity index (χ1n) is 10.6. The molecule has 0 saturated heterocycles. The van der Waals surface area contributed by atoms with Gasteiger partial charge in [-0.2, -0.15) is 0 Å². The average Bonchev–Trinajstić information content (AvgIpc) is 2.80. The smallest absolute Gasteiger partial charge is 0.226 e. The Morgan fingerprint density at radius 3 is 2.42 bits per heavy atom. The highest BCUT2D eigenvalue weighted by Crippen LogP contribution is 2.46. The lowest BCUT2D eigenvalue weighted by Crippen LogP contribution is -2.31. The SMILES string of the molecule is [C-]#[N+]C(CC=C)([N+]#[C-])C1=CCCC[C@H]1[C@@H](/C=C/c1ccc(Cl)cc1)c1ccc(C)cc1. The van der Waals surface area contributed by atoms with Crippen molar-refractivity contribution < 1.29 is 0 Å². The summed E-state index contributed by atoms with van der Waals surface area (Å²) in [6.45, 7) is 21.6. The molecule has 0 saturated carbocycles. The molecule has 2 aromatic rings. The van der Waals surface area contributed by atoms with Crippen molar-refractivity contribution in [1.29, 1.82) is 0 Å². The number of hydrogen-bond donors (Lipinski definition) is 0. The number of benzene rings is 2. The van der Waals surface area contributed by atoms with Crippen LogP contribution < -0.4 is 0 Å². The van der Waals surface area contributed by atoms with Crippen LogP contribution in [0.3, 0.4) is 0 Å². The molecule has 2 atom stereocenters. The van der Waals surface area contributed by atoms with Gasteiger partial charge in [-0.1, -0.05) is 77.9 Å². The number of nitrogens with zero attached hydrogens (tertiary/aromatic N) is 2. The Balaban J connectivity index is 2.07. The van der Waals surface area contributed by atoms with E-state index in [4.69, 9.17) is 24.7 Å². The molecule has 31 heavy (non-hydrogen) atoms. The van der Waals surface area contributed by atoms with Gasteiger partial charge < -0.3 is 0 Å². The summed E-state index contributed by atoms with van der Waals surface area (Å²) in [6, 6.07) is 16.4. The van der Waals surface area contributed by atoms with Crippen molar-refractivity contribution in [3.8, 4) is 0 Å². The number of hydrogen-bond acceptors (Lipinski definition) is 0. The van der Waals surface area contributed by atoms with Crippen LogP contribution in [-0.2, 0) is 0 Å². The summed E-state index contributed by atoms with van der Waals surface area (Å²) in [6.07, 6.45) is 11.5. The molecule has 0 unspecified atom stereocenters. The van der Waals surface area contributed by atoms with Crippen molar-refractivity contribution in [2.24, 2.45) is 5.92 Å². The zero-order chi connectivity index (χ0) is 22.3. The van der Waals surface area contributed by atoms with Gasteiger partial charge in [0.15, 0.2) is 0 Å². The Labute approximate surface area is 191 Å². The van der Waals surface area contributed by atoms with Gasteiger partial charge in [0, 0.05) is 16.9 Å². The molecule has 0 spiro atoms. The molecule has 0 fully saturated rings. The lowest BCUT2D eigenvalue weighted by Gasteiger charge is -2.31. The first kappa shape index (κ1) is 22.6. The molecule has 0 N–H and O–H groups in total. The van der Waals surface area contributed by atoms with Crippen molar-refractivity contribution in [2.75, 3.05) is 0 Å². The van der Waals surface area contributed by atoms with Crippen molar-refractivity contribution in [3.05, 3.63) is 123 Å². The summed E-state index contributed by atoms with van der Waals surface area (Å²) >= 11 is 6.04. The third-order valence-corrected chi connectivity index (χ3v) is 6.26. The molecule has 2 nitrogen and oxygen atoms in total. The highest BCUT2D eigenvalue weighted by molar-refractivity contribution is 6.30. The Bertz CT molecular complexity index is 1030. The fourth-order valence-corrected chi connectivity index (χ4v) is 4.48. The Morgan fingerprint density at radius 2 is 1.81 bits per heavy atom. The van der Waals surface area contributed by atoms with Gasteiger partial charge in [0.1, 0.15) is 12.0 Å². The van der Waals surface area contributed by atoms with E-state index in [0.717, 1.165) is 30.4 Å². The largest absolute Gasteiger partial charge is 0.509 e. The second-order valence-corrected chi connectivity index (χ2v) is 8.51. The quantitative estimate of drug-likeness (QED) is 0.311. The van der Waals surface area contributed by atoms with Crippen LogP contribution in [0.2, 0.25) is 5.02 Å². The standard InChI is InChI=1S/C28H27ClN2/c1-5-20-28(30-3,31-4)27-9-7-6-8-26(27)25(23-15-10-21(2)11-16-23)19-14-22-12-17-24(29)18-13-22/h5,9-19,25-26H,1,6-8,20H2,2H3/b19-14+/t25-,26-/m0/s1. The van der Waals surface area contributed by atoms with E-state index in [2.05, 4.69) is 65.7 Å². The molecule has 0 aliphatic heterocycles. The van der Waals surface area contributed by atoms with E-state index >= 15 is 0 Å². The van der Waals surface area contributed by atoms with Crippen LogP contribution >= 0.6 is 11.6 Å². The van der Waals surface area contributed by atoms with Gasteiger partial charge in [0.25, 0.3) is 0 Å². The number of aryl methyl sites for hydroxylation is 1. The fraction of sp³-hybridized carbons (Fsp3) is 0.286. The molecule has 3 rings (SSSR count). The van der Waals surface area contributed by atoms with E-state index in [1.165, 1.54) is 11.1 Å². The molecule has 2 aromatic carbocycles. The topological polar surface area (TPSA) is 8.72 Å². The van der Waals surface area contributed by atoms with Crippen LogP contribution in [0.15, 0.2) is 78.9 Å². The minimum Gasteiger partial charge on any atom is -0.226 e. The lowest BCUT2D eigenvalue weighted by atomic mass is 9.70. The normalized spacial score (nSPS) is 17.4. The zero-order valence-electron chi connectivity index (χ0n) is 17.9. The first-order chi connectivity index (χ1) is 15.0. The van der Waals surface area contributed by atoms with E-state index < -0.39 is 5.66 Å². The second kappa shape index (κ2) is 10.3. The lowest BCUT2D eigenvalue weighted by molar-refractivity contribution is 0.429. The van der Waals surface area contributed by atoms with Crippen molar-refractivity contribution in [2.45, 2.75) is 44.2 Å². The van der Waals surface area contributed by atoms with Crippen LogP contribution in [0.4, 0.5) is 0 Å². The Hall–Kier alpha value is -3.07. The van der Waals surface area contributed by atoms with E-state index in [1.54, 1.807) is 6.08 Å². The van der Waals surface area contributed by atoms with Gasteiger partial charge in [0.05, 0.1) is 0 Å². The minimum atomic E-state index is -1.19. The van der Waals surface area contributed by atoms with Crippen molar-refractivity contribution >= 4 is 17.7 Å². The van der Waals surface area contributed by atoms with Gasteiger partial charge in [-0.05, 0) is 49.4 Å². The summed E-state index contributed by atoms with van der Waals surface area (Å²) in [5.41, 5.74) is 3.26. The molecule has 0 heterocycles. The summed E-state index contributed by atoms with van der Waals surface area (Å²) in [5.74, 6) is 0.179. The third kappa shape index (κ3) is 5.16. The molecule has 1 aliphatic rings. The minimum absolute atomic E-state index is 0.0792. The Morgan fingerprint density at radius 1 is 1.13 bits per heavy atom. The van der Waals surface area contributed by atoms with Crippen LogP contribution in [0.25, 0.3) is 15.8 Å². The van der Waals surface area contributed by atoms with Crippen LogP contribution in [0, 0.1) is 26.0 Å². The van der Waals surface area contributed by atoms with E-state index in [0.29, 0.717) is 11.4 Å². The maximum absolute atomic E-state index is 7.86. The van der Waals surface area contributed by atoms with E-state index in [-0.39, 0.29) is 11.8 Å². The molecular formula is C28H27ClN2. The number of halogens is 1. The van der Waals surface area contributed by atoms with Crippen LogP contribution in [0.5, 0.6) is 0 Å². The highest BCUT2D eigenvalue weighted by Gasteiger charge is 2.51. The summed E-state index contributed by atoms with van der Waals surface area (Å²) < 4.78 is 0. The zero-order valence-corrected chi connectivity index (χ0v) is 18.6. The van der Waals surface area contributed by atoms with Gasteiger partial charge in [-0.15, -0.1) is 6.58 Å². The number of rotatable bonds is 7. The molecular weight excluding hydrogens is 400 g/mol. The third-order valence-electron chi connectivity index (χ3n) is 6.01. The van der Waals surface area contributed by atoms with Gasteiger partial charge in [-0.3, -0.25) is 0 Å². The first-order valence-corrected chi connectivity index (χ1v) is 11.0. The molecule has 0 bridgehead atoms. The van der Waals surface area contributed by atoms with Gasteiger partial charge >= 0.3 is 5.66 Å². The summed E-state index contributed by atoms with van der Waals surface area (Å²) in [4.78, 5) is 7.67. The molecule has 0 aromatic heterocycles. The van der Waals surface area contributed by atoms with Crippen molar-refractivity contribution in [1.82, 2.24) is 0 Å². The average molecular weight is 427 g/mol. The summed E-state index contributed by atoms with van der Waals surface area (Å²) in [5, 5.41) is 0.716.